The number of benzene rings is 1. The first-order valence-electron chi connectivity index (χ1n) is 8.37. The molecule has 1 aromatic carbocycles. The molecule has 120 valence electrons. The van der Waals surface area contributed by atoms with E-state index < -0.39 is 0 Å². The molecule has 1 fully saturated rings. The Morgan fingerprint density at radius 2 is 2.18 bits per heavy atom. The van der Waals surface area contributed by atoms with Crippen LogP contribution < -0.4 is 5.32 Å². The number of urea groups is 1. The number of aliphatic hydroxyl groups is 1. The van der Waals surface area contributed by atoms with Crippen LogP contribution in [-0.2, 0) is 6.42 Å². The molecule has 2 amide bonds. The molecule has 4 atom stereocenters. The molecule has 4 unspecified atom stereocenters. The molecule has 0 spiro atoms. The number of nitrogens with one attached hydrogen (secondary N) is 1. The van der Waals surface area contributed by atoms with Gasteiger partial charge in [0.05, 0.1) is 12.1 Å². The maximum atomic E-state index is 12.6. The third-order valence-electron chi connectivity index (χ3n) is 5.21. The molecule has 0 bridgehead atoms. The third kappa shape index (κ3) is 2.98. The van der Waals surface area contributed by atoms with Crippen molar-refractivity contribution < 1.29 is 9.90 Å². The first kappa shape index (κ1) is 15.3. The van der Waals surface area contributed by atoms with E-state index in [1.165, 1.54) is 11.1 Å². The lowest BCUT2D eigenvalue weighted by molar-refractivity contribution is 0.0729. The number of piperidine rings is 1. The second-order valence-electron chi connectivity index (χ2n) is 6.90. The summed E-state index contributed by atoms with van der Waals surface area (Å²) >= 11 is 0. The Labute approximate surface area is 132 Å². The molecule has 0 radical (unpaired) electrons. The lowest BCUT2D eigenvalue weighted by atomic mass is 9.93. The van der Waals surface area contributed by atoms with Gasteiger partial charge in [0.1, 0.15) is 0 Å². The highest BCUT2D eigenvalue weighted by Gasteiger charge is 2.33. The molecule has 2 aliphatic rings. The van der Waals surface area contributed by atoms with Gasteiger partial charge in [0.2, 0.25) is 0 Å². The summed E-state index contributed by atoms with van der Waals surface area (Å²) in [6.45, 7) is 5.46. The van der Waals surface area contributed by atoms with Gasteiger partial charge in [-0.05, 0) is 43.2 Å². The van der Waals surface area contributed by atoms with Crippen LogP contribution in [0.1, 0.15) is 43.9 Å². The molecular formula is C18H26N2O2. The van der Waals surface area contributed by atoms with E-state index in [1.807, 2.05) is 17.9 Å². The summed E-state index contributed by atoms with van der Waals surface area (Å²) in [5.74, 6) is 0.631. The van der Waals surface area contributed by atoms with Crippen molar-refractivity contribution in [3.63, 3.8) is 0 Å². The SMILES string of the molecule is CC(O)C1CCCN(C(=O)NC2c3ccccc3CC2C)C1. The van der Waals surface area contributed by atoms with Crippen LogP contribution in [0.2, 0.25) is 0 Å². The number of amides is 2. The van der Waals surface area contributed by atoms with Crippen LogP contribution in [0.5, 0.6) is 0 Å². The van der Waals surface area contributed by atoms with Crippen LogP contribution >= 0.6 is 0 Å². The lowest BCUT2D eigenvalue weighted by Crippen LogP contribution is -2.48. The van der Waals surface area contributed by atoms with Crippen molar-refractivity contribution >= 4 is 6.03 Å². The Morgan fingerprint density at radius 1 is 1.41 bits per heavy atom. The zero-order chi connectivity index (χ0) is 15.7. The Bertz CT molecular complexity index is 544. The van der Waals surface area contributed by atoms with Gasteiger partial charge in [-0.3, -0.25) is 0 Å². The molecule has 22 heavy (non-hydrogen) atoms. The lowest BCUT2D eigenvalue weighted by Gasteiger charge is -2.35. The number of hydrogen-bond donors (Lipinski definition) is 2. The van der Waals surface area contributed by atoms with E-state index in [0.717, 1.165) is 25.8 Å². The average Bonchev–Trinajstić information content (AvgIpc) is 2.83. The number of rotatable bonds is 2. The van der Waals surface area contributed by atoms with Gasteiger partial charge in [-0.1, -0.05) is 31.2 Å². The van der Waals surface area contributed by atoms with Gasteiger partial charge in [0.25, 0.3) is 0 Å². The second kappa shape index (κ2) is 6.29. The standard InChI is InChI=1S/C18H26N2O2/c1-12-10-14-6-3-4-8-16(14)17(12)19-18(22)20-9-5-7-15(11-20)13(2)21/h3-4,6,8,12-13,15,17,21H,5,7,9-11H2,1-2H3,(H,19,22). The molecule has 3 rings (SSSR count). The fourth-order valence-electron chi connectivity index (χ4n) is 3.83. The number of likely N-dealkylation sites (tertiary alicyclic amines) is 1. The topological polar surface area (TPSA) is 52.6 Å². The highest BCUT2D eigenvalue weighted by Crippen LogP contribution is 2.35. The summed E-state index contributed by atoms with van der Waals surface area (Å²) < 4.78 is 0. The molecule has 1 aliphatic heterocycles. The van der Waals surface area contributed by atoms with Crippen molar-refractivity contribution in [2.75, 3.05) is 13.1 Å². The van der Waals surface area contributed by atoms with Gasteiger partial charge in [-0.25, -0.2) is 4.79 Å². The zero-order valence-corrected chi connectivity index (χ0v) is 13.5. The van der Waals surface area contributed by atoms with Gasteiger partial charge < -0.3 is 15.3 Å². The highest BCUT2D eigenvalue weighted by atomic mass is 16.3. The van der Waals surface area contributed by atoms with Crippen molar-refractivity contribution in [1.29, 1.82) is 0 Å². The Kier molecular flexibility index (Phi) is 4.39. The van der Waals surface area contributed by atoms with Gasteiger partial charge in [0.15, 0.2) is 0 Å². The molecule has 1 saturated heterocycles. The summed E-state index contributed by atoms with van der Waals surface area (Å²) in [6.07, 6.45) is 2.66. The summed E-state index contributed by atoms with van der Waals surface area (Å²) in [4.78, 5) is 14.5. The van der Waals surface area contributed by atoms with Crippen LogP contribution in [0.15, 0.2) is 24.3 Å². The third-order valence-corrected chi connectivity index (χ3v) is 5.21. The molecular weight excluding hydrogens is 276 g/mol. The fraction of sp³-hybridized carbons (Fsp3) is 0.611. The number of carbonyl (C=O) groups is 1. The molecule has 0 aromatic heterocycles. The van der Waals surface area contributed by atoms with E-state index in [-0.39, 0.29) is 24.1 Å². The van der Waals surface area contributed by atoms with Gasteiger partial charge >= 0.3 is 6.03 Å². The van der Waals surface area contributed by atoms with Crippen LogP contribution in [-0.4, -0.2) is 35.2 Å². The second-order valence-corrected chi connectivity index (χ2v) is 6.90. The number of carbonyl (C=O) groups excluding carboxylic acids is 1. The molecule has 2 N–H and O–H groups in total. The number of aliphatic hydroxyl groups excluding tert-OH is 1. The molecule has 4 heteroatoms. The van der Waals surface area contributed by atoms with Crippen molar-refractivity contribution in [1.82, 2.24) is 10.2 Å². The first-order chi connectivity index (χ1) is 10.6. The average molecular weight is 302 g/mol. The van der Waals surface area contributed by atoms with E-state index in [4.69, 9.17) is 0 Å². The van der Waals surface area contributed by atoms with E-state index >= 15 is 0 Å². The summed E-state index contributed by atoms with van der Waals surface area (Å²) in [6, 6.07) is 8.50. The van der Waals surface area contributed by atoms with Crippen molar-refractivity contribution in [3.8, 4) is 0 Å². The summed E-state index contributed by atoms with van der Waals surface area (Å²) in [7, 11) is 0. The minimum Gasteiger partial charge on any atom is -0.393 e. The number of fused-ring (bicyclic) bond motifs is 1. The van der Waals surface area contributed by atoms with Gasteiger partial charge in [-0.2, -0.15) is 0 Å². The quantitative estimate of drug-likeness (QED) is 0.882. The zero-order valence-electron chi connectivity index (χ0n) is 13.5. The fourth-order valence-corrected chi connectivity index (χ4v) is 3.83. The van der Waals surface area contributed by atoms with E-state index in [0.29, 0.717) is 12.5 Å². The monoisotopic (exact) mass is 302 g/mol. The van der Waals surface area contributed by atoms with Gasteiger partial charge in [0, 0.05) is 19.0 Å². The number of nitrogens with zero attached hydrogens (tertiary/aromatic N) is 1. The van der Waals surface area contributed by atoms with Crippen molar-refractivity contribution in [2.24, 2.45) is 11.8 Å². The van der Waals surface area contributed by atoms with Crippen LogP contribution in [0.3, 0.4) is 0 Å². The van der Waals surface area contributed by atoms with Gasteiger partial charge in [-0.15, -0.1) is 0 Å². The maximum absolute atomic E-state index is 12.6. The van der Waals surface area contributed by atoms with E-state index in [2.05, 4.69) is 30.4 Å². The normalized spacial score (nSPS) is 29.0. The molecule has 1 aromatic rings. The first-order valence-corrected chi connectivity index (χ1v) is 8.37. The Balaban J connectivity index is 1.67. The maximum Gasteiger partial charge on any atom is 0.317 e. The number of hydrogen-bond acceptors (Lipinski definition) is 2. The summed E-state index contributed by atoms with van der Waals surface area (Å²) in [5, 5.41) is 13.0. The minimum absolute atomic E-state index is 0.0129. The van der Waals surface area contributed by atoms with E-state index in [1.54, 1.807) is 0 Å². The Morgan fingerprint density at radius 3 is 2.95 bits per heavy atom. The van der Waals surface area contributed by atoms with Crippen molar-refractivity contribution in [2.45, 2.75) is 45.3 Å². The minimum atomic E-state index is -0.346. The highest BCUT2D eigenvalue weighted by molar-refractivity contribution is 5.75. The Hall–Kier alpha value is -1.55. The van der Waals surface area contributed by atoms with E-state index in [9.17, 15) is 9.90 Å². The largest absolute Gasteiger partial charge is 0.393 e. The predicted molar refractivity (Wildman–Crippen MR) is 86.6 cm³/mol. The van der Waals surface area contributed by atoms with Crippen molar-refractivity contribution in [3.05, 3.63) is 35.4 Å². The van der Waals surface area contributed by atoms with Crippen LogP contribution in [0.4, 0.5) is 4.79 Å². The molecule has 0 saturated carbocycles. The molecule has 1 heterocycles. The summed E-state index contributed by atoms with van der Waals surface area (Å²) in [5.41, 5.74) is 2.60. The smallest absolute Gasteiger partial charge is 0.317 e. The van der Waals surface area contributed by atoms with Crippen LogP contribution in [0.25, 0.3) is 0 Å². The van der Waals surface area contributed by atoms with Crippen LogP contribution in [0, 0.1) is 11.8 Å². The predicted octanol–water partition coefficient (Wildman–Crippen LogP) is 2.72. The molecule has 1 aliphatic carbocycles. The molecule has 4 nitrogen and oxygen atoms in total.